The van der Waals surface area contributed by atoms with E-state index in [0.29, 0.717) is 11.1 Å². The molecule has 4 aromatic carbocycles. The second kappa shape index (κ2) is 10.5. The molecule has 0 atom stereocenters. The zero-order chi connectivity index (χ0) is 23.9. The molecule has 2 nitrogen and oxygen atoms in total. The minimum atomic E-state index is -0.505. The molecule has 0 aliphatic rings. The highest BCUT2D eigenvalue weighted by Gasteiger charge is 2.18. The summed E-state index contributed by atoms with van der Waals surface area (Å²) in [4.78, 5) is 25.6. The van der Waals surface area contributed by atoms with Gasteiger partial charge in [-0.25, -0.2) is 0 Å². The quantitative estimate of drug-likeness (QED) is 0.152. The Hall–Kier alpha value is -4.30. The van der Waals surface area contributed by atoms with Gasteiger partial charge >= 0.3 is 0 Å². The molecule has 0 N–H and O–H groups in total. The van der Waals surface area contributed by atoms with Crippen LogP contribution in [0.2, 0.25) is 0 Å². The fourth-order valence-corrected chi connectivity index (χ4v) is 3.89. The Bertz CT molecular complexity index is 1200. The highest BCUT2D eigenvalue weighted by Crippen LogP contribution is 2.23. The average molecular weight is 443 g/mol. The number of carbonyl (C=O) groups is 2. The summed E-state index contributed by atoms with van der Waals surface area (Å²) in [5, 5.41) is 0. The molecule has 0 aromatic heterocycles. The number of ketones is 2. The number of carbonyl (C=O) groups excluding carboxylic acids is 2. The highest BCUT2D eigenvalue weighted by atomic mass is 16.2. The highest BCUT2D eigenvalue weighted by molar-refractivity contribution is 6.49. The molecular weight excluding hydrogens is 416 g/mol. The predicted octanol–water partition coefficient (Wildman–Crippen LogP) is 7.54. The molecule has 0 aliphatic heterocycles. The topological polar surface area (TPSA) is 34.1 Å². The molecule has 0 heterocycles. The number of Topliss-reactive ketones (excluding diaryl/α,β-unsaturated/α-hetero) is 2. The third-order valence-electron chi connectivity index (χ3n) is 5.84. The number of rotatable bonds is 9. The monoisotopic (exact) mass is 442 g/mol. The van der Waals surface area contributed by atoms with Crippen molar-refractivity contribution in [3.05, 3.63) is 145 Å². The molecule has 34 heavy (non-hydrogen) atoms. The van der Waals surface area contributed by atoms with Crippen molar-refractivity contribution in [1.29, 1.82) is 0 Å². The van der Waals surface area contributed by atoms with Gasteiger partial charge < -0.3 is 0 Å². The van der Waals surface area contributed by atoms with Crippen LogP contribution >= 0.6 is 0 Å². The van der Waals surface area contributed by atoms with E-state index in [9.17, 15) is 9.59 Å². The molecule has 0 aliphatic carbocycles. The van der Waals surface area contributed by atoms with Crippen LogP contribution in [0.5, 0.6) is 0 Å². The van der Waals surface area contributed by atoms with Gasteiger partial charge in [-0.1, -0.05) is 109 Å². The summed E-state index contributed by atoms with van der Waals surface area (Å²) in [5.41, 5.74) is 7.30. The van der Waals surface area contributed by atoms with E-state index in [4.69, 9.17) is 0 Å². The van der Waals surface area contributed by atoms with Crippen molar-refractivity contribution < 1.29 is 9.59 Å². The van der Waals surface area contributed by atoms with Crippen LogP contribution in [0.15, 0.2) is 122 Å². The summed E-state index contributed by atoms with van der Waals surface area (Å²) in [7, 11) is 0. The first-order valence-corrected chi connectivity index (χ1v) is 11.3. The van der Waals surface area contributed by atoms with E-state index in [1.54, 1.807) is 24.3 Å². The Morgan fingerprint density at radius 2 is 0.735 bits per heavy atom. The summed E-state index contributed by atoms with van der Waals surface area (Å²) >= 11 is 0. The van der Waals surface area contributed by atoms with Gasteiger partial charge in [0.05, 0.1) is 0 Å². The molecule has 4 aromatic rings. The van der Waals surface area contributed by atoms with Crippen LogP contribution in [0.25, 0.3) is 22.3 Å². The third kappa shape index (κ3) is 5.19. The molecule has 166 valence electrons. The SMILES string of the molecule is C=CCc1ccc(-c2ccc(C(=O)C(=O)c3ccc(-c4ccc(CC=C)cc4)cc3)cc2)cc1. The smallest absolute Gasteiger partial charge is 0.233 e. The van der Waals surface area contributed by atoms with Crippen molar-refractivity contribution in [3.63, 3.8) is 0 Å². The summed E-state index contributed by atoms with van der Waals surface area (Å²) < 4.78 is 0. The van der Waals surface area contributed by atoms with Crippen molar-refractivity contribution in [2.45, 2.75) is 12.8 Å². The Labute approximate surface area is 200 Å². The molecule has 2 heteroatoms. The van der Waals surface area contributed by atoms with E-state index >= 15 is 0 Å². The van der Waals surface area contributed by atoms with E-state index in [1.807, 2.05) is 36.4 Å². The summed E-state index contributed by atoms with van der Waals surface area (Å²) in [6.07, 6.45) is 5.42. The molecule has 0 unspecified atom stereocenters. The number of hydrogen-bond acceptors (Lipinski definition) is 2. The second-order valence-electron chi connectivity index (χ2n) is 8.19. The average Bonchev–Trinajstić information content (AvgIpc) is 2.89. The zero-order valence-electron chi connectivity index (χ0n) is 19.0. The molecule has 0 fully saturated rings. The van der Waals surface area contributed by atoms with E-state index in [1.165, 1.54) is 11.1 Å². The molecule has 0 amide bonds. The Morgan fingerprint density at radius 3 is 1.00 bits per heavy atom. The Kier molecular flexibility index (Phi) is 7.10. The molecule has 0 spiro atoms. The van der Waals surface area contributed by atoms with Gasteiger partial charge in [-0.15, -0.1) is 13.2 Å². The van der Waals surface area contributed by atoms with Crippen LogP contribution in [0, 0.1) is 0 Å². The lowest BCUT2D eigenvalue weighted by atomic mass is 9.96. The predicted molar refractivity (Wildman–Crippen MR) is 140 cm³/mol. The van der Waals surface area contributed by atoms with Crippen molar-refractivity contribution >= 4 is 11.6 Å². The number of benzene rings is 4. The fraction of sp³-hybridized carbons (Fsp3) is 0.0625. The van der Waals surface area contributed by atoms with Crippen LogP contribution in [-0.2, 0) is 12.8 Å². The van der Waals surface area contributed by atoms with Crippen LogP contribution in [0.4, 0.5) is 0 Å². The lowest BCUT2D eigenvalue weighted by Gasteiger charge is -2.07. The summed E-state index contributed by atoms with van der Waals surface area (Å²) in [6.45, 7) is 7.53. The fourth-order valence-electron chi connectivity index (χ4n) is 3.89. The largest absolute Gasteiger partial charge is 0.285 e. The van der Waals surface area contributed by atoms with E-state index in [-0.39, 0.29) is 0 Å². The molecule has 0 bridgehead atoms. The van der Waals surface area contributed by atoms with Crippen LogP contribution in [0.1, 0.15) is 31.8 Å². The van der Waals surface area contributed by atoms with Gasteiger partial charge in [0.2, 0.25) is 11.6 Å². The van der Waals surface area contributed by atoms with E-state index in [0.717, 1.165) is 35.1 Å². The molecule has 0 saturated carbocycles. The van der Waals surface area contributed by atoms with Gasteiger partial charge in [-0.05, 0) is 46.2 Å². The molecular formula is C32H26O2. The van der Waals surface area contributed by atoms with Gasteiger partial charge in [-0.3, -0.25) is 9.59 Å². The normalized spacial score (nSPS) is 10.5. The van der Waals surface area contributed by atoms with Gasteiger partial charge in [0.1, 0.15) is 0 Å². The van der Waals surface area contributed by atoms with Gasteiger partial charge in [-0.2, -0.15) is 0 Å². The third-order valence-corrected chi connectivity index (χ3v) is 5.84. The lowest BCUT2D eigenvalue weighted by molar-refractivity contribution is 0.0817. The number of allylic oxidation sites excluding steroid dienone is 2. The molecule has 0 saturated heterocycles. The van der Waals surface area contributed by atoms with Crippen molar-refractivity contribution in [2.75, 3.05) is 0 Å². The Morgan fingerprint density at radius 1 is 0.471 bits per heavy atom. The summed E-state index contributed by atoms with van der Waals surface area (Å²) in [6, 6.07) is 30.8. The minimum absolute atomic E-state index is 0.388. The standard InChI is InChI=1S/C32H26O2/c1-3-5-23-7-11-25(12-8-23)27-15-19-29(20-16-27)31(33)32(34)30-21-17-28(18-22-30)26-13-9-24(6-4-2)10-14-26/h3-4,7-22H,1-2,5-6H2. The maximum atomic E-state index is 12.8. The first-order chi connectivity index (χ1) is 16.6. The lowest BCUT2D eigenvalue weighted by Crippen LogP contribution is -2.14. The van der Waals surface area contributed by atoms with Crippen molar-refractivity contribution in [2.24, 2.45) is 0 Å². The van der Waals surface area contributed by atoms with E-state index < -0.39 is 11.6 Å². The van der Waals surface area contributed by atoms with Gasteiger partial charge in [0.25, 0.3) is 0 Å². The van der Waals surface area contributed by atoms with Crippen molar-refractivity contribution in [3.8, 4) is 22.3 Å². The second-order valence-corrected chi connectivity index (χ2v) is 8.19. The summed E-state index contributed by atoms with van der Waals surface area (Å²) in [5.74, 6) is -1.01. The van der Waals surface area contributed by atoms with Gasteiger partial charge in [0.15, 0.2) is 0 Å². The zero-order valence-corrected chi connectivity index (χ0v) is 19.0. The van der Waals surface area contributed by atoms with Crippen LogP contribution in [-0.4, -0.2) is 11.6 Å². The maximum Gasteiger partial charge on any atom is 0.233 e. The minimum Gasteiger partial charge on any atom is -0.285 e. The molecule has 0 radical (unpaired) electrons. The van der Waals surface area contributed by atoms with E-state index in [2.05, 4.69) is 61.7 Å². The van der Waals surface area contributed by atoms with Gasteiger partial charge in [0, 0.05) is 11.1 Å². The van der Waals surface area contributed by atoms with Crippen LogP contribution < -0.4 is 0 Å². The first kappa shape index (κ1) is 22.9. The molecule has 4 rings (SSSR count). The first-order valence-electron chi connectivity index (χ1n) is 11.3. The Balaban J connectivity index is 1.46. The maximum absolute atomic E-state index is 12.8. The van der Waals surface area contributed by atoms with Crippen LogP contribution in [0.3, 0.4) is 0 Å². The van der Waals surface area contributed by atoms with Crippen molar-refractivity contribution in [1.82, 2.24) is 0 Å². The number of hydrogen-bond donors (Lipinski definition) is 0.